The van der Waals surface area contributed by atoms with Crippen LogP contribution in [0, 0.1) is 0 Å². The van der Waals surface area contributed by atoms with Crippen molar-refractivity contribution in [2.45, 2.75) is 32.8 Å². The lowest BCUT2D eigenvalue weighted by Gasteiger charge is -2.15. The second-order valence-electron chi connectivity index (χ2n) is 5.44. The zero-order chi connectivity index (χ0) is 17.4. The average molecular weight is 326 g/mol. The minimum atomic E-state index is -0.713. The van der Waals surface area contributed by atoms with Gasteiger partial charge >= 0.3 is 0 Å². The Morgan fingerprint density at radius 2 is 1.58 bits per heavy atom. The number of hydrazine groups is 1. The number of rotatable bonds is 6. The maximum atomic E-state index is 11.9. The first-order chi connectivity index (χ1) is 11.6. The average Bonchev–Trinajstić information content (AvgIpc) is 2.61. The highest BCUT2D eigenvalue weighted by atomic mass is 16.5. The van der Waals surface area contributed by atoms with E-state index in [1.54, 1.807) is 6.92 Å². The van der Waals surface area contributed by atoms with E-state index in [0.717, 1.165) is 17.5 Å². The summed E-state index contributed by atoms with van der Waals surface area (Å²) in [4.78, 5) is 23.2. The molecule has 1 atom stereocenters. The highest BCUT2D eigenvalue weighted by Crippen LogP contribution is 2.22. The van der Waals surface area contributed by atoms with Gasteiger partial charge in [0.15, 0.2) is 6.10 Å². The van der Waals surface area contributed by atoms with Gasteiger partial charge in [-0.2, -0.15) is 0 Å². The summed E-state index contributed by atoms with van der Waals surface area (Å²) in [5.74, 6) is -0.0194. The number of amides is 2. The monoisotopic (exact) mass is 326 g/mol. The van der Waals surface area contributed by atoms with E-state index in [2.05, 4.69) is 10.9 Å². The van der Waals surface area contributed by atoms with Crippen molar-refractivity contribution < 1.29 is 14.3 Å². The topological polar surface area (TPSA) is 67.4 Å². The third-order valence-electron chi connectivity index (χ3n) is 3.45. The van der Waals surface area contributed by atoms with Crippen LogP contribution < -0.4 is 15.6 Å². The van der Waals surface area contributed by atoms with Gasteiger partial charge in [0.2, 0.25) is 5.91 Å². The number of benzene rings is 2. The number of nitrogens with one attached hydrogen (secondary N) is 2. The van der Waals surface area contributed by atoms with Crippen molar-refractivity contribution in [3.8, 4) is 16.9 Å². The molecule has 0 heterocycles. The maximum absolute atomic E-state index is 11.9. The fourth-order valence-electron chi connectivity index (χ4n) is 2.14. The minimum Gasteiger partial charge on any atom is -0.481 e. The molecular weight excluding hydrogens is 304 g/mol. The van der Waals surface area contributed by atoms with Crippen LogP contribution in [0.5, 0.6) is 5.75 Å². The van der Waals surface area contributed by atoms with Gasteiger partial charge in [-0.3, -0.25) is 20.4 Å². The molecule has 0 aromatic heterocycles. The fourth-order valence-corrected chi connectivity index (χ4v) is 2.14. The van der Waals surface area contributed by atoms with Crippen LogP contribution in [0.3, 0.4) is 0 Å². The zero-order valence-corrected chi connectivity index (χ0v) is 13.9. The van der Waals surface area contributed by atoms with Gasteiger partial charge in [-0.15, -0.1) is 0 Å². The Labute approximate surface area is 142 Å². The van der Waals surface area contributed by atoms with Crippen LogP contribution in [0.4, 0.5) is 0 Å². The van der Waals surface area contributed by atoms with Gasteiger partial charge in [-0.25, -0.2) is 0 Å². The van der Waals surface area contributed by atoms with E-state index in [0.29, 0.717) is 12.2 Å². The van der Waals surface area contributed by atoms with Gasteiger partial charge in [-0.05, 0) is 36.6 Å². The van der Waals surface area contributed by atoms with E-state index < -0.39 is 12.0 Å². The van der Waals surface area contributed by atoms with E-state index >= 15 is 0 Å². The van der Waals surface area contributed by atoms with Crippen molar-refractivity contribution in [3.05, 3.63) is 54.6 Å². The Morgan fingerprint density at radius 1 is 0.958 bits per heavy atom. The van der Waals surface area contributed by atoms with Crippen molar-refractivity contribution in [2.75, 3.05) is 0 Å². The molecule has 2 N–H and O–H groups in total. The third kappa shape index (κ3) is 5.12. The van der Waals surface area contributed by atoms with E-state index in [-0.39, 0.29) is 5.91 Å². The van der Waals surface area contributed by atoms with Crippen LogP contribution in [0.1, 0.15) is 26.7 Å². The molecule has 0 bridgehead atoms. The molecular formula is C19H22N2O3. The predicted octanol–water partition coefficient (Wildman–Crippen LogP) is 3.07. The van der Waals surface area contributed by atoms with Gasteiger partial charge < -0.3 is 4.74 Å². The molecule has 2 aromatic carbocycles. The summed E-state index contributed by atoms with van der Waals surface area (Å²) in [5.41, 5.74) is 6.92. The summed E-state index contributed by atoms with van der Waals surface area (Å²) in [6.45, 7) is 3.53. The van der Waals surface area contributed by atoms with Gasteiger partial charge in [0.05, 0.1) is 0 Å². The molecule has 0 saturated carbocycles. The number of hydrogen-bond acceptors (Lipinski definition) is 3. The summed E-state index contributed by atoms with van der Waals surface area (Å²) < 4.78 is 5.60. The summed E-state index contributed by atoms with van der Waals surface area (Å²) in [7, 11) is 0. The molecule has 0 spiro atoms. The standard InChI is InChI=1S/C19H22N2O3/c1-3-7-18(22)20-21-19(23)14(2)24-17-12-10-16(11-13-17)15-8-5-4-6-9-15/h4-6,8-14H,3,7H2,1-2H3,(H,20,22)(H,21,23). The van der Waals surface area contributed by atoms with Crippen molar-refractivity contribution in [1.82, 2.24) is 10.9 Å². The molecule has 0 aliphatic carbocycles. The highest BCUT2D eigenvalue weighted by Gasteiger charge is 2.15. The van der Waals surface area contributed by atoms with Crippen LogP contribution in [0.25, 0.3) is 11.1 Å². The molecule has 0 radical (unpaired) electrons. The molecule has 2 aromatic rings. The maximum Gasteiger partial charge on any atom is 0.279 e. The fraction of sp³-hybridized carbons (Fsp3) is 0.263. The second kappa shape index (κ2) is 8.72. The Hall–Kier alpha value is -2.82. The quantitative estimate of drug-likeness (QED) is 0.802. The van der Waals surface area contributed by atoms with Gasteiger partial charge in [0.25, 0.3) is 5.91 Å². The third-order valence-corrected chi connectivity index (χ3v) is 3.45. The first-order valence-electron chi connectivity index (χ1n) is 8.01. The Bertz CT molecular complexity index is 669. The molecule has 2 amide bonds. The van der Waals surface area contributed by atoms with E-state index in [1.165, 1.54) is 0 Å². The van der Waals surface area contributed by atoms with Crippen molar-refractivity contribution >= 4 is 11.8 Å². The summed E-state index contributed by atoms with van der Waals surface area (Å²) in [5, 5.41) is 0. The molecule has 126 valence electrons. The SMILES string of the molecule is CCCC(=O)NNC(=O)C(C)Oc1ccc(-c2ccccc2)cc1. The van der Waals surface area contributed by atoms with Crippen molar-refractivity contribution in [3.63, 3.8) is 0 Å². The van der Waals surface area contributed by atoms with Crippen LogP contribution in [-0.4, -0.2) is 17.9 Å². The number of carbonyl (C=O) groups is 2. The highest BCUT2D eigenvalue weighted by molar-refractivity contribution is 5.84. The smallest absolute Gasteiger partial charge is 0.279 e. The van der Waals surface area contributed by atoms with Crippen molar-refractivity contribution in [1.29, 1.82) is 0 Å². The number of hydrogen-bond donors (Lipinski definition) is 2. The largest absolute Gasteiger partial charge is 0.481 e. The zero-order valence-electron chi connectivity index (χ0n) is 13.9. The molecule has 0 aliphatic rings. The van der Waals surface area contributed by atoms with Crippen LogP contribution in [-0.2, 0) is 9.59 Å². The van der Waals surface area contributed by atoms with E-state index in [4.69, 9.17) is 4.74 Å². The molecule has 0 saturated heterocycles. The normalized spacial score (nSPS) is 11.4. The minimum absolute atomic E-state index is 0.217. The van der Waals surface area contributed by atoms with Crippen LogP contribution in [0.2, 0.25) is 0 Å². The van der Waals surface area contributed by atoms with E-state index in [1.807, 2.05) is 61.5 Å². The first-order valence-corrected chi connectivity index (χ1v) is 8.01. The molecule has 2 rings (SSSR count). The molecule has 1 unspecified atom stereocenters. The van der Waals surface area contributed by atoms with Crippen LogP contribution >= 0.6 is 0 Å². The van der Waals surface area contributed by atoms with Gasteiger partial charge in [0.1, 0.15) is 5.75 Å². The lowest BCUT2D eigenvalue weighted by Crippen LogP contribution is -2.47. The molecule has 24 heavy (non-hydrogen) atoms. The number of carbonyl (C=O) groups excluding carboxylic acids is 2. The summed E-state index contributed by atoms with van der Waals surface area (Å²) >= 11 is 0. The molecule has 5 heteroatoms. The Balaban J connectivity index is 1.88. The van der Waals surface area contributed by atoms with Gasteiger partial charge in [0, 0.05) is 6.42 Å². The molecule has 0 fully saturated rings. The Kier molecular flexibility index (Phi) is 6.37. The lowest BCUT2D eigenvalue weighted by molar-refractivity contribution is -0.132. The molecule has 5 nitrogen and oxygen atoms in total. The molecule has 0 aliphatic heterocycles. The van der Waals surface area contributed by atoms with Gasteiger partial charge in [-0.1, -0.05) is 49.4 Å². The number of ether oxygens (including phenoxy) is 1. The first kappa shape index (κ1) is 17.5. The van der Waals surface area contributed by atoms with Crippen LogP contribution in [0.15, 0.2) is 54.6 Å². The Morgan fingerprint density at radius 3 is 2.21 bits per heavy atom. The summed E-state index contributed by atoms with van der Waals surface area (Å²) in [6.07, 6.45) is 0.382. The van der Waals surface area contributed by atoms with Crippen molar-refractivity contribution in [2.24, 2.45) is 0 Å². The van der Waals surface area contributed by atoms with E-state index in [9.17, 15) is 9.59 Å². The second-order valence-corrected chi connectivity index (χ2v) is 5.44. The predicted molar refractivity (Wildman–Crippen MR) is 93.2 cm³/mol. The lowest BCUT2D eigenvalue weighted by atomic mass is 10.1. The summed E-state index contributed by atoms with van der Waals surface area (Å²) in [6, 6.07) is 17.5.